The van der Waals surface area contributed by atoms with E-state index in [9.17, 15) is 5.11 Å². The summed E-state index contributed by atoms with van der Waals surface area (Å²) in [6, 6.07) is 6.21. The Morgan fingerprint density at radius 1 is 1.33 bits per heavy atom. The van der Waals surface area contributed by atoms with Crippen LogP contribution in [0.3, 0.4) is 0 Å². The zero-order valence-corrected chi connectivity index (χ0v) is 7.50. The monoisotopic (exact) mass is 161 g/mol. The van der Waals surface area contributed by atoms with Crippen LogP contribution in [0, 0.1) is 13.8 Å². The van der Waals surface area contributed by atoms with Gasteiger partial charge in [0.15, 0.2) is 0 Å². The lowest BCUT2D eigenvalue weighted by atomic mass is 10.1. The summed E-state index contributed by atoms with van der Waals surface area (Å²) in [4.78, 5) is 0. The first-order valence-electron chi connectivity index (χ1n) is 4.06. The van der Waals surface area contributed by atoms with E-state index < -0.39 is 0 Å². The van der Waals surface area contributed by atoms with E-state index in [2.05, 4.69) is 26.0 Å². The molecule has 0 unspecified atom stereocenters. The third-order valence-corrected chi connectivity index (χ3v) is 1.82. The molecule has 0 spiro atoms. The van der Waals surface area contributed by atoms with Crippen molar-refractivity contribution >= 4 is 6.08 Å². The number of hydrogen-bond acceptors (Lipinski definition) is 0. The van der Waals surface area contributed by atoms with Crippen LogP contribution in [0.2, 0.25) is 0 Å². The molecule has 0 aliphatic carbocycles. The predicted molar refractivity (Wildman–Crippen MR) is 50.5 cm³/mol. The van der Waals surface area contributed by atoms with Crippen LogP contribution >= 0.6 is 0 Å². The largest absolute Gasteiger partial charge is 0.232 e. The van der Waals surface area contributed by atoms with Gasteiger partial charge in [-0.2, -0.15) is 0 Å². The van der Waals surface area contributed by atoms with Crippen LogP contribution in [0.5, 0.6) is 0 Å². The fourth-order valence-electron chi connectivity index (χ4n) is 1.19. The van der Waals surface area contributed by atoms with Crippen LogP contribution in [0.1, 0.15) is 16.7 Å². The minimum absolute atomic E-state index is 0.146. The van der Waals surface area contributed by atoms with E-state index in [-0.39, 0.29) is 6.61 Å². The van der Waals surface area contributed by atoms with Gasteiger partial charge in [0, 0.05) is 0 Å². The number of benzene rings is 1. The van der Waals surface area contributed by atoms with Crippen molar-refractivity contribution in [3.8, 4) is 0 Å². The van der Waals surface area contributed by atoms with Gasteiger partial charge in [-0.05, 0) is 25.0 Å². The maximum atomic E-state index is 10.2. The Morgan fingerprint density at radius 3 is 2.67 bits per heavy atom. The summed E-state index contributed by atoms with van der Waals surface area (Å²) in [6.07, 6.45) is 3.51. The second kappa shape index (κ2) is 4.07. The maximum absolute atomic E-state index is 10.2. The highest BCUT2D eigenvalue weighted by molar-refractivity contribution is 5.54. The fourth-order valence-corrected chi connectivity index (χ4v) is 1.19. The lowest BCUT2D eigenvalue weighted by Gasteiger charge is -2.00. The molecule has 0 N–H and O–H groups in total. The summed E-state index contributed by atoms with van der Waals surface area (Å²) in [5.74, 6) is 0. The molecule has 0 fully saturated rings. The van der Waals surface area contributed by atoms with Crippen molar-refractivity contribution in [2.75, 3.05) is 6.61 Å². The van der Waals surface area contributed by atoms with Crippen molar-refractivity contribution in [3.63, 3.8) is 0 Å². The molecule has 1 heteroatoms. The smallest absolute Gasteiger partial charge is 0.101 e. The van der Waals surface area contributed by atoms with E-state index in [1.165, 1.54) is 11.1 Å². The lowest BCUT2D eigenvalue weighted by molar-refractivity contribution is 0.233. The van der Waals surface area contributed by atoms with Gasteiger partial charge in [-0.15, -0.1) is 0 Å². The molecule has 0 aliphatic rings. The summed E-state index contributed by atoms with van der Waals surface area (Å²) in [5.41, 5.74) is 3.61. The fraction of sp³-hybridized carbons (Fsp3) is 0.273. The average Bonchev–Trinajstić information content (AvgIpc) is 2.03. The SMILES string of the molecule is Cc1ccc(C=CC[O])c(C)c1. The number of hydrogen-bond donors (Lipinski definition) is 0. The molecule has 0 saturated carbocycles. The van der Waals surface area contributed by atoms with Crippen LogP contribution in [0.15, 0.2) is 24.3 Å². The first-order chi connectivity index (χ1) is 5.74. The molecule has 0 aliphatic heterocycles. The van der Waals surface area contributed by atoms with Crippen LogP contribution in [0.25, 0.3) is 6.08 Å². The van der Waals surface area contributed by atoms with Gasteiger partial charge in [-0.1, -0.05) is 35.9 Å². The minimum Gasteiger partial charge on any atom is -0.232 e. The van der Waals surface area contributed by atoms with Crippen LogP contribution in [0.4, 0.5) is 0 Å². The lowest BCUT2D eigenvalue weighted by Crippen LogP contribution is -1.82. The maximum Gasteiger partial charge on any atom is 0.101 e. The molecule has 12 heavy (non-hydrogen) atoms. The Bertz CT molecular complexity index is 287. The van der Waals surface area contributed by atoms with Crippen molar-refractivity contribution in [2.24, 2.45) is 0 Å². The van der Waals surface area contributed by atoms with E-state index in [0.717, 1.165) is 5.56 Å². The Morgan fingerprint density at radius 2 is 2.08 bits per heavy atom. The highest BCUT2D eigenvalue weighted by Crippen LogP contribution is 2.11. The van der Waals surface area contributed by atoms with E-state index in [0.29, 0.717) is 0 Å². The van der Waals surface area contributed by atoms with Crippen molar-refractivity contribution in [3.05, 3.63) is 41.0 Å². The van der Waals surface area contributed by atoms with Gasteiger partial charge in [0.2, 0.25) is 0 Å². The molecule has 0 atom stereocenters. The number of rotatable bonds is 2. The minimum atomic E-state index is -0.146. The van der Waals surface area contributed by atoms with Crippen molar-refractivity contribution in [1.82, 2.24) is 0 Å². The quantitative estimate of drug-likeness (QED) is 0.635. The van der Waals surface area contributed by atoms with E-state index >= 15 is 0 Å². The molecule has 1 aromatic rings. The van der Waals surface area contributed by atoms with Gasteiger partial charge < -0.3 is 0 Å². The van der Waals surface area contributed by atoms with E-state index in [4.69, 9.17) is 0 Å². The third-order valence-electron chi connectivity index (χ3n) is 1.82. The molecule has 1 nitrogen and oxygen atoms in total. The first kappa shape index (κ1) is 9.01. The molecule has 0 heterocycles. The van der Waals surface area contributed by atoms with Gasteiger partial charge in [0.1, 0.15) is 6.61 Å². The Labute approximate surface area is 73.4 Å². The second-order valence-electron chi connectivity index (χ2n) is 2.93. The van der Waals surface area contributed by atoms with Crippen molar-refractivity contribution in [1.29, 1.82) is 0 Å². The molecular weight excluding hydrogens is 148 g/mol. The summed E-state index contributed by atoms with van der Waals surface area (Å²) < 4.78 is 0. The van der Waals surface area contributed by atoms with Gasteiger partial charge in [-0.25, -0.2) is 5.11 Å². The standard InChI is InChI=1S/C11H13O/c1-9-5-6-11(4-3-7-12)10(2)8-9/h3-6,8H,7H2,1-2H3. The Balaban J connectivity index is 2.94. The average molecular weight is 161 g/mol. The Kier molecular flexibility index (Phi) is 3.06. The van der Waals surface area contributed by atoms with Gasteiger partial charge in [0.05, 0.1) is 0 Å². The molecule has 1 radical (unpaired) electrons. The summed E-state index contributed by atoms with van der Waals surface area (Å²) in [6.45, 7) is 3.97. The van der Waals surface area contributed by atoms with Gasteiger partial charge in [-0.3, -0.25) is 0 Å². The molecule has 63 valence electrons. The summed E-state index contributed by atoms with van der Waals surface area (Å²) in [7, 11) is 0. The predicted octanol–water partition coefficient (Wildman–Crippen LogP) is 2.75. The third kappa shape index (κ3) is 2.21. The topological polar surface area (TPSA) is 19.9 Å². The highest BCUT2D eigenvalue weighted by Gasteiger charge is 1.92. The Hall–Kier alpha value is -1.08. The van der Waals surface area contributed by atoms with Crippen molar-refractivity contribution in [2.45, 2.75) is 13.8 Å². The molecular formula is C11H13O. The summed E-state index contributed by atoms with van der Waals surface area (Å²) in [5, 5.41) is 10.2. The molecule has 0 bridgehead atoms. The van der Waals surface area contributed by atoms with Crippen molar-refractivity contribution < 1.29 is 5.11 Å². The molecule has 0 saturated heterocycles. The highest BCUT2D eigenvalue weighted by atomic mass is 16.2. The number of aryl methyl sites for hydroxylation is 2. The first-order valence-corrected chi connectivity index (χ1v) is 4.06. The molecule has 1 rings (SSSR count). The second-order valence-corrected chi connectivity index (χ2v) is 2.93. The van der Waals surface area contributed by atoms with Gasteiger partial charge >= 0.3 is 0 Å². The van der Waals surface area contributed by atoms with Crippen LogP contribution in [-0.4, -0.2) is 6.61 Å². The zero-order valence-electron chi connectivity index (χ0n) is 7.50. The summed E-state index contributed by atoms with van der Waals surface area (Å²) >= 11 is 0. The van der Waals surface area contributed by atoms with Gasteiger partial charge in [0.25, 0.3) is 0 Å². The van der Waals surface area contributed by atoms with Crippen LogP contribution in [-0.2, 0) is 5.11 Å². The molecule has 0 amide bonds. The van der Waals surface area contributed by atoms with Crippen LogP contribution < -0.4 is 0 Å². The normalized spacial score (nSPS) is 10.9. The zero-order chi connectivity index (χ0) is 8.97. The van der Waals surface area contributed by atoms with E-state index in [1.54, 1.807) is 6.08 Å². The molecule has 0 aromatic heterocycles. The molecule has 1 aromatic carbocycles. The van der Waals surface area contributed by atoms with E-state index in [1.807, 2.05) is 12.1 Å².